The van der Waals surface area contributed by atoms with Gasteiger partial charge in [-0.3, -0.25) is 0 Å². The van der Waals surface area contributed by atoms with Gasteiger partial charge in [-0.1, -0.05) is 135 Å². The zero-order valence-electron chi connectivity index (χ0n) is 31.3. The highest BCUT2D eigenvalue weighted by Gasteiger charge is 2.35. The maximum Gasteiger partial charge on any atom is 0.0555 e. The Balaban J connectivity index is 0.970. The van der Waals surface area contributed by atoms with Gasteiger partial charge in [-0.15, -0.1) is 11.3 Å². The maximum absolute atomic E-state index is 2.41. The molecule has 0 aliphatic heterocycles. The second kappa shape index (κ2) is 12.7. The molecule has 0 saturated carbocycles. The number of thiophene rings is 1. The molecule has 0 radical (unpaired) electrons. The van der Waals surface area contributed by atoms with E-state index in [4.69, 9.17) is 0 Å². The third kappa shape index (κ3) is 5.08. The Hall–Kier alpha value is -6.68. The smallest absolute Gasteiger partial charge is 0.0555 e. The molecule has 2 aromatic heterocycles. The summed E-state index contributed by atoms with van der Waals surface area (Å²) in [5, 5.41) is 6.13. The normalized spacial score (nSPS) is 13.0. The van der Waals surface area contributed by atoms with Crippen LogP contribution in [0.25, 0.3) is 71.0 Å². The van der Waals surface area contributed by atoms with E-state index in [2.05, 4.69) is 217 Å². The lowest BCUT2D eigenvalue weighted by Crippen LogP contribution is -2.16. The summed E-state index contributed by atoms with van der Waals surface area (Å²) in [5.41, 5.74) is 17.2. The van der Waals surface area contributed by atoms with Gasteiger partial charge in [0, 0.05) is 43.6 Å². The first kappa shape index (κ1) is 32.7. The molecule has 2 nitrogen and oxygen atoms in total. The van der Waals surface area contributed by atoms with E-state index < -0.39 is 0 Å². The van der Waals surface area contributed by atoms with Gasteiger partial charge in [0.25, 0.3) is 0 Å². The summed E-state index contributed by atoms with van der Waals surface area (Å²) in [6, 6.07) is 69.1. The molecule has 0 amide bonds. The Kier molecular flexibility index (Phi) is 7.42. The molecule has 1 aliphatic rings. The first-order chi connectivity index (χ1) is 27.5. The zero-order chi connectivity index (χ0) is 37.4. The third-order valence-corrected chi connectivity index (χ3v) is 12.8. The second-order valence-electron chi connectivity index (χ2n) is 15.4. The molecule has 0 saturated heterocycles. The molecule has 0 unspecified atom stereocenters. The summed E-state index contributed by atoms with van der Waals surface area (Å²) in [4.78, 5) is 2.40. The summed E-state index contributed by atoms with van der Waals surface area (Å²) < 4.78 is 3.76. The average molecular weight is 735 g/mol. The third-order valence-electron chi connectivity index (χ3n) is 11.9. The summed E-state index contributed by atoms with van der Waals surface area (Å²) in [7, 11) is 0. The van der Waals surface area contributed by atoms with E-state index in [0.717, 1.165) is 17.1 Å². The minimum atomic E-state index is -0.0871. The van der Waals surface area contributed by atoms with Crippen LogP contribution in [0.3, 0.4) is 0 Å². The van der Waals surface area contributed by atoms with E-state index >= 15 is 0 Å². The Morgan fingerprint density at radius 2 is 1.05 bits per heavy atom. The highest BCUT2D eigenvalue weighted by atomic mass is 32.1. The van der Waals surface area contributed by atoms with Crippen molar-refractivity contribution >= 4 is 60.3 Å². The lowest BCUT2D eigenvalue weighted by molar-refractivity contribution is 0.660. The fourth-order valence-electron chi connectivity index (χ4n) is 9.07. The van der Waals surface area contributed by atoms with Crippen molar-refractivity contribution in [3.63, 3.8) is 0 Å². The van der Waals surface area contributed by atoms with Gasteiger partial charge in [0.2, 0.25) is 0 Å². The van der Waals surface area contributed by atoms with Crippen LogP contribution >= 0.6 is 11.3 Å². The van der Waals surface area contributed by atoms with Crippen LogP contribution in [0.5, 0.6) is 0 Å². The molecule has 56 heavy (non-hydrogen) atoms. The maximum atomic E-state index is 2.41. The van der Waals surface area contributed by atoms with Gasteiger partial charge >= 0.3 is 0 Å². The Labute approximate surface area is 331 Å². The van der Waals surface area contributed by atoms with Gasteiger partial charge in [-0.05, 0) is 122 Å². The summed E-state index contributed by atoms with van der Waals surface area (Å²) >= 11 is 1.83. The summed E-state index contributed by atoms with van der Waals surface area (Å²) in [6.07, 6.45) is 0. The number of rotatable bonds is 6. The van der Waals surface area contributed by atoms with Crippen molar-refractivity contribution in [2.24, 2.45) is 0 Å². The standard InChI is InChI=1S/C53H38N2S/c1-53(2)47-14-8-6-12-44(47)45-30-29-43(34-48(45)53)54(40-23-16-36(17-24-40)35-10-4-3-5-11-35)41-25-18-37(19-26-41)38-20-27-42(28-21-38)55-49-15-9-7-13-46(49)51-50(55)31-22-39-32-33-56-52(39)51/h3-34H,1-2H3. The van der Waals surface area contributed by atoms with Crippen molar-refractivity contribution in [1.29, 1.82) is 0 Å². The quantitative estimate of drug-likeness (QED) is 0.165. The molecular weight excluding hydrogens is 697 g/mol. The van der Waals surface area contributed by atoms with Crippen LogP contribution in [0.15, 0.2) is 193 Å². The number of para-hydroxylation sites is 1. The van der Waals surface area contributed by atoms with Gasteiger partial charge in [0.15, 0.2) is 0 Å². The minimum absolute atomic E-state index is 0.0871. The first-order valence-electron chi connectivity index (χ1n) is 19.3. The highest BCUT2D eigenvalue weighted by molar-refractivity contribution is 7.18. The molecule has 2 heterocycles. The first-order valence-corrected chi connectivity index (χ1v) is 20.2. The molecular formula is C53H38N2S. The molecule has 10 aromatic rings. The molecule has 8 aromatic carbocycles. The molecule has 0 N–H and O–H groups in total. The predicted octanol–water partition coefficient (Wildman–Crippen LogP) is 15.1. The van der Waals surface area contributed by atoms with Crippen LogP contribution in [0, 0.1) is 0 Å². The molecule has 0 spiro atoms. The van der Waals surface area contributed by atoms with E-state index in [1.54, 1.807) is 0 Å². The van der Waals surface area contributed by atoms with Crippen molar-refractivity contribution < 1.29 is 0 Å². The van der Waals surface area contributed by atoms with Gasteiger partial charge in [-0.25, -0.2) is 0 Å². The molecule has 0 atom stereocenters. The van der Waals surface area contributed by atoms with E-state index in [-0.39, 0.29) is 5.41 Å². The SMILES string of the molecule is CC1(C)c2ccccc2-c2ccc(N(c3ccc(-c4ccccc4)cc3)c3ccc(-c4ccc(-n5c6ccccc6c6c7sccc7ccc65)cc4)cc3)cc21. The van der Waals surface area contributed by atoms with Gasteiger partial charge in [-0.2, -0.15) is 0 Å². The van der Waals surface area contributed by atoms with E-state index in [1.807, 2.05) is 11.3 Å². The predicted molar refractivity (Wildman–Crippen MR) is 239 cm³/mol. The number of hydrogen-bond acceptors (Lipinski definition) is 2. The molecule has 11 rings (SSSR count). The van der Waals surface area contributed by atoms with Crippen LogP contribution in [-0.4, -0.2) is 4.57 Å². The van der Waals surface area contributed by atoms with Crippen LogP contribution < -0.4 is 4.90 Å². The average Bonchev–Trinajstić information content (AvgIpc) is 3.93. The number of aromatic nitrogens is 1. The Bertz CT molecular complexity index is 3080. The topological polar surface area (TPSA) is 8.17 Å². The van der Waals surface area contributed by atoms with Crippen molar-refractivity contribution in [2.45, 2.75) is 19.3 Å². The lowest BCUT2D eigenvalue weighted by atomic mass is 9.82. The fourth-order valence-corrected chi connectivity index (χ4v) is 10.0. The minimum Gasteiger partial charge on any atom is -0.310 e. The second-order valence-corrected chi connectivity index (χ2v) is 16.3. The number of hydrogen-bond donors (Lipinski definition) is 0. The van der Waals surface area contributed by atoms with E-state index in [0.29, 0.717) is 0 Å². The number of nitrogens with zero attached hydrogens (tertiary/aromatic N) is 2. The Morgan fingerprint density at radius 3 is 1.79 bits per heavy atom. The number of fused-ring (bicyclic) bond motifs is 8. The molecule has 1 aliphatic carbocycles. The molecule has 3 heteroatoms. The van der Waals surface area contributed by atoms with Crippen molar-refractivity contribution in [3.8, 4) is 39.1 Å². The summed E-state index contributed by atoms with van der Waals surface area (Å²) in [6.45, 7) is 4.70. The zero-order valence-corrected chi connectivity index (χ0v) is 32.1. The van der Waals surface area contributed by atoms with Crippen LogP contribution in [-0.2, 0) is 5.41 Å². The fraction of sp³-hybridized carbons (Fsp3) is 0.0566. The lowest BCUT2D eigenvalue weighted by Gasteiger charge is -2.28. The number of anilines is 3. The molecule has 0 bridgehead atoms. The van der Waals surface area contributed by atoms with E-state index in [9.17, 15) is 0 Å². The van der Waals surface area contributed by atoms with Crippen molar-refractivity contribution in [1.82, 2.24) is 4.57 Å². The monoisotopic (exact) mass is 734 g/mol. The molecule has 266 valence electrons. The van der Waals surface area contributed by atoms with Gasteiger partial charge in [0.1, 0.15) is 0 Å². The van der Waals surface area contributed by atoms with Crippen molar-refractivity contribution in [2.75, 3.05) is 4.90 Å². The van der Waals surface area contributed by atoms with Crippen LogP contribution in [0.2, 0.25) is 0 Å². The van der Waals surface area contributed by atoms with Crippen LogP contribution in [0.4, 0.5) is 17.1 Å². The van der Waals surface area contributed by atoms with E-state index in [1.165, 1.54) is 82.1 Å². The highest BCUT2D eigenvalue weighted by Crippen LogP contribution is 2.51. The summed E-state index contributed by atoms with van der Waals surface area (Å²) in [5.74, 6) is 0. The Morgan fingerprint density at radius 1 is 0.464 bits per heavy atom. The van der Waals surface area contributed by atoms with Gasteiger partial charge in [0.05, 0.1) is 11.0 Å². The largest absolute Gasteiger partial charge is 0.310 e. The van der Waals surface area contributed by atoms with Gasteiger partial charge < -0.3 is 9.47 Å². The van der Waals surface area contributed by atoms with Crippen molar-refractivity contribution in [3.05, 3.63) is 205 Å². The van der Waals surface area contributed by atoms with Crippen LogP contribution in [0.1, 0.15) is 25.0 Å². The number of benzene rings is 8. The molecule has 0 fully saturated rings.